The molecule has 4 heteroatoms. The van der Waals surface area contributed by atoms with Crippen LogP contribution < -0.4 is 5.32 Å². The average Bonchev–Trinajstić information content (AvgIpc) is 2.75. The zero-order chi connectivity index (χ0) is 13.0. The number of halogens is 1. The molecule has 1 atom stereocenters. The summed E-state index contributed by atoms with van der Waals surface area (Å²) in [6.07, 6.45) is 2.42. The lowest BCUT2D eigenvalue weighted by Crippen LogP contribution is -2.38. The monoisotopic (exact) mass is 250 g/mol. The predicted octanol–water partition coefficient (Wildman–Crippen LogP) is 1.58. The molecule has 0 saturated carbocycles. The summed E-state index contributed by atoms with van der Waals surface area (Å²) in [6, 6.07) is 6.83. The molecule has 2 rings (SSSR count). The van der Waals surface area contributed by atoms with Crippen molar-refractivity contribution in [2.75, 3.05) is 20.1 Å². The van der Waals surface area contributed by atoms with Gasteiger partial charge in [-0.1, -0.05) is 18.2 Å². The molecule has 0 radical (unpaired) electrons. The van der Waals surface area contributed by atoms with E-state index in [0.29, 0.717) is 18.2 Å². The highest BCUT2D eigenvalue weighted by Gasteiger charge is 2.21. The Bertz CT molecular complexity index is 422. The minimum absolute atomic E-state index is 0.111. The fraction of sp³-hybridized carbons (Fsp3) is 0.500. The largest absolute Gasteiger partial charge is 0.354 e. The van der Waals surface area contributed by atoms with Crippen molar-refractivity contribution in [2.45, 2.75) is 25.3 Å². The van der Waals surface area contributed by atoms with Crippen LogP contribution in [0, 0.1) is 5.82 Å². The summed E-state index contributed by atoms with van der Waals surface area (Å²) in [6.45, 7) is 1.75. The first-order valence-corrected chi connectivity index (χ1v) is 6.37. The average molecular weight is 250 g/mol. The number of nitrogens with one attached hydrogen (secondary N) is 1. The normalized spacial score (nSPS) is 20.0. The Balaban J connectivity index is 1.80. The Morgan fingerprint density at radius 2 is 2.28 bits per heavy atom. The van der Waals surface area contributed by atoms with Crippen molar-refractivity contribution in [1.82, 2.24) is 10.2 Å². The summed E-state index contributed by atoms with van der Waals surface area (Å²) in [4.78, 5) is 14.0. The van der Waals surface area contributed by atoms with E-state index in [2.05, 4.69) is 17.3 Å². The maximum Gasteiger partial charge on any atom is 0.224 e. The SMILES string of the molecule is CN1CCCC1CNC(=O)Cc1ccccc1F. The zero-order valence-corrected chi connectivity index (χ0v) is 10.7. The molecule has 18 heavy (non-hydrogen) atoms. The second-order valence-electron chi connectivity index (χ2n) is 4.85. The van der Waals surface area contributed by atoms with Crippen LogP contribution in [0.4, 0.5) is 4.39 Å². The van der Waals surface area contributed by atoms with Crippen LogP contribution in [-0.4, -0.2) is 37.0 Å². The van der Waals surface area contributed by atoms with Gasteiger partial charge >= 0.3 is 0 Å². The number of hydrogen-bond donors (Lipinski definition) is 1. The molecule has 1 unspecified atom stereocenters. The Kier molecular flexibility index (Phi) is 4.31. The van der Waals surface area contributed by atoms with E-state index in [1.807, 2.05) is 0 Å². The molecule has 0 aliphatic carbocycles. The summed E-state index contributed by atoms with van der Waals surface area (Å²) in [7, 11) is 2.07. The molecule has 1 heterocycles. The van der Waals surface area contributed by atoms with Crippen molar-refractivity contribution >= 4 is 5.91 Å². The quantitative estimate of drug-likeness (QED) is 0.880. The molecule has 1 saturated heterocycles. The number of benzene rings is 1. The first-order valence-electron chi connectivity index (χ1n) is 6.37. The number of hydrogen-bond acceptors (Lipinski definition) is 2. The van der Waals surface area contributed by atoms with E-state index in [9.17, 15) is 9.18 Å². The van der Waals surface area contributed by atoms with Crippen LogP contribution in [0.15, 0.2) is 24.3 Å². The molecule has 98 valence electrons. The fourth-order valence-corrected chi connectivity index (χ4v) is 2.35. The van der Waals surface area contributed by atoms with Crippen molar-refractivity contribution < 1.29 is 9.18 Å². The van der Waals surface area contributed by atoms with E-state index in [1.54, 1.807) is 18.2 Å². The van der Waals surface area contributed by atoms with Gasteiger partial charge in [0.25, 0.3) is 0 Å². The van der Waals surface area contributed by atoms with E-state index < -0.39 is 0 Å². The summed E-state index contributed by atoms with van der Waals surface area (Å²) in [5, 5.41) is 2.88. The number of rotatable bonds is 4. The molecule has 1 N–H and O–H groups in total. The van der Waals surface area contributed by atoms with Gasteiger partial charge < -0.3 is 10.2 Å². The third kappa shape index (κ3) is 3.29. The minimum atomic E-state index is -0.314. The van der Waals surface area contributed by atoms with Crippen LogP contribution in [0.25, 0.3) is 0 Å². The number of nitrogens with zero attached hydrogens (tertiary/aromatic N) is 1. The third-order valence-electron chi connectivity index (χ3n) is 3.52. The van der Waals surface area contributed by atoms with E-state index in [-0.39, 0.29) is 18.1 Å². The number of likely N-dealkylation sites (tertiary alicyclic amines) is 1. The fourth-order valence-electron chi connectivity index (χ4n) is 2.35. The van der Waals surface area contributed by atoms with Gasteiger partial charge in [-0.3, -0.25) is 4.79 Å². The lowest BCUT2D eigenvalue weighted by atomic mass is 10.1. The lowest BCUT2D eigenvalue weighted by molar-refractivity contribution is -0.120. The third-order valence-corrected chi connectivity index (χ3v) is 3.52. The smallest absolute Gasteiger partial charge is 0.224 e. The van der Waals surface area contributed by atoms with Crippen LogP contribution in [0.5, 0.6) is 0 Å². The summed E-state index contributed by atoms with van der Waals surface area (Å²) >= 11 is 0. The topological polar surface area (TPSA) is 32.3 Å². The Morgan fingerprint density at radius 3 is 2.94 bits per heavy atom. The highest BCUT2D eigenvalue weighted by Crippen LogP contribution is 2.13. The molecule has 1 aromatic carbocycles. The van der Waals surface area contributed by atoms with Crippen LogP contribution in [-0.2, 0) is 11.2 Å². The van der Waals surface area contributed by atoms with Crippen LogP contribution in [0.2, 0.25) is 0 Å². The van der Waals surface area contributed by atoms with Crippen molar-refractivity contribution in [2.24, 2.45) is 0 Å². The molecule has 1 aromatic rings. The van der Waals surface area contributed by atoms with Crippen LogP contribution in [0.3, 0.4) is 0 Å². The Hall–Kier alpha value is -1.42. The highest BCUT2D eigenvalue weighted by molar-refractivity contribution is 5.78. The standard InChI is InChI=1S/C14H19FN2O/c1-17-8-4-6-12(17)10-16-14(18)9-11-5-2-3-7-13(11)15/h2-3,5,7,12H,4,6,8-10H2,1H3,(H,16,18). The Morgan fingerprint density at radius 1 is 1.50 bits per heavy atom. The minimum Gasteiger partial charge on any atom is -0.354 e. The van der Waals surface area contributed by atoms with E-state index in [1.165, 1.54) is 12.5 Å². The van der Waals surface area contributed by atoms with Crippen molar-refractivity contribution in [3.05, 3.63) is 35.6 Å². The number of likely N-dealkylation sites (N-methyl/N-ethyl adjacent to an activating group) is 1. The van der Waals surface area contributed by atoms with Crippen molar-refractivity contribution in [3.8, 4) is 0 Å². The molecule has 0 bridgehead atoms. The maximum absolute atomic E-state index is 13.4. The van der Waals surface area contributed by atoms with Crippen molar-refractivity contribution in [1.29, 1.82) is 0 Å². The van der Waals surface area contributed by atoms with Gasteiger partial charge in [0.15, 0.2) is 0 Å². The second kappa shape index (κ2) is 5.96. The number of amides is 1. The number of carbonyl (C=O) groups is 1. The highest BCUT2D eigenvalue weighted by atomic mass is 19.1. The molecule has 0 aromatic heterocycles. The zero-order valence-electron chi connectivity index (χ0n) is 10.7. The molecule has 0 spiro atoms. The molecular formula is C14H19FN2O. The van der Waals surface area contributed by atoms with Crippen molar-refractivity contribution in [3.63, 3.8) is 0 Å². The second-order valence-corrected chi connectivity index (χ2v) is 4.85. The van der Waals surface area contributed by atoms with Gasteiger partial charge in [-0.2, -0.15) is 0 Å². The van der Waals surface area contributed by atoms with Crippen LogP contribution >= 0.6 is 0 Å². The van der Waals surface area contributed by atoms with Gasteiger partial charge in [0, 0.05) is 12.6 Å². The van der Waals surface area contributed by atoms with E-state index in [4.69, 9.17) is 0 Å². The van der Waals surface area contributed by atoms with Gasteiger partial charge in [-0.05, 0) is 38.1 Å². The first-order chi connectivity index (χ1) is 8.66. The van der Waals surface area contributed by atoms with E-state index >= 15 is 0 Å². The van der Waals surface area contributed by atoms with Gasteiger partial charge in [0.2, 0.25) is 5.91 Å². The molecule has 1 amide bonds. The van der Waals surface area contributed by atoms with Gasteiger partial charge in [0.1, 0.15) is 5.82 Å². The Labute approximate surface area is 107 Å². The molecule has 1 aliphatic heterocycles. The summed E-state index contributed by atoms with van der Waals surface area (Å²) < 4.78 is 13.4. The summed E-state index contributed by atoms with van der Waals surface area (Å²) in [5.74, 6) is -0.425. The molecule has 1 aliphatic rings. The number of carbonyl (C=O) groups excluding carboxylic acids is 1. The molecular weight excluding hydrogens is 231 g/mol. The van der Waals surface area contributed by atoms with Crippen LogP contribution in [0.1, 0.15) is 18.4 Å². The van der Waals surface area contributed by atoms with Gasteiger partial charge in [-0.15, -0.1) is 0 Å². The van der Waals surface area contributed by atoms with E-state index in [0.717, 1.165) is 13.0 Å². The lowest BCUT2D eigenvalue weighted by Gasteiger charge is -2.19. The summed E-state index contributed by atoms with van der Waals surface area (Å²) in [5.41, 5.74) is 0.453. The predicted molar refractivity (Wildman–Crippen MR) is 68.8 cm³/mol. The van der Waals surface area contributed by atoms with Gasteiger partial charge in [-0.25, -0.2) is 4.39 Å². The molecule has 3 nitrogen and oxygen atoms in total. The van der Waals surface area contributed by atoms with Gasteiger partial charge in [0.05, 0.1) is 6.42 Å². The first kappa shape index (κ1) is 13.0. The maximum atomic E-state index is 13.4. The molecule has 1 fully saturated rings.